The van der Waals surface area contributed by atoms with Gasteiger partial charge >= 0.3 is 0 Å². The number of aromatic nitrogens is 6. The number of likely N-dealkylation sites (tertiary alicyclic amines) is 2. The third-order valence-electron chi connectivity index (χ3n) is 12.3. The fourth-order valence-electron chi connectivity index (χ4n) is 8.35. The number of nitrogens with zero attached hydrogens (tertiary/aromatic N) is 6. The number of fused-ring (bicyclic) bond motifs is 4. The maximum atomic E-state index is 15.0. The summed E-state index contributed by atoms with van der Waals surface area (Å²) in [6, 6.07) is 17.4. The van der Waals surface area contributed by atoms with Crippen LogP contribution in [0.25, 0.3) is 43.6 Å². The molecule has 10 rings (SSSR count). The van der Waals surface area contributed by atoms with E-state index >= 15 is 4.39 Å². The molecule has 0 bridgehead atoms. The number of hydrogen-bond donors (Lipinski definition) is 3. The maximum Gasteiger partial charge on any atom is 0.230 e. The number of halogens is 3. The second-order valence-corrected chi connectivity index (χ2v) is 17.7. The van der Waals surface area contributed by atoms with Crippen molar-refractivity contribution < 1.29 is 32.8 Å². The number of benzene rings is 4. The van der Waals surface area contributed by atoms with Gasteiger partial charge in [0, 0.05) is 50.7 Å². The molecule has 0 atom stereocenters. The lowest BCUT2D eigenvalue weighted by atomic mass is 9.98. The molecule has 2 fully saturated rings. The van der Waals surface area contributed by atoms with Crippen molar-refractivity contribution in [1.82, 2.24) is 39.7 Å². The third-order valence-corrected chi connectivity index (χ3v) is 12.6. The van der Waals surface area contributed by atoms with Gasteiger partial charge in [0.1, 0.15) is 23.6 Å². The molecule has 8 aromatic rings. The number of phenolic OH excluding ortho intramolecular Hbond substituents is 1. The van der Waals surface area contributed by atoms with E-state index in [0.29, 0.717) is 62.3 Å². The molecule has 16 heteroatoms. The molecule has 2 aliphatic rings. The van der Waals surface area contributed by atoms with E-state index in [-0.39, 0.29) is 17.4 Å². The van der Waals surface area contributed by atoms with Gasteiger partial charge in [0.25, 0.3) is 0 Å². The van der Waals surface area contributed by atoms with Crippen molar-refractivity contribution in [2.75, 3.05) is 60.6 Å². The third kappa shape index (κ3) is 10.7. The van der Waals surface area contributed by atoms with Crippen molar-refractivity contribution in [3.63, 3.8) is 0 Å². The highest BCUT2D eigenvalue weighted by Crippen LogP contribution is 2.38. The van der Waals surface area contributed by atoms with Crippen LogP contribution in [0.3, 0.4) is 0 Å². The Bertz CT molecular complexity index is 2970. The maximum absolute atomic E-state index is 15.0. The van der Waals surface area contributed by atoms with E-state index in [1.165, 1.54) is 31.6 Å². The van der Waals surface area contributed by atoms with E-state index in [2.05, 4.69) is 53.8 Å². The Morgan fingerprint density at radius 3 is 1.80 bits per heavy atom. The second-order valence-electron chi connectivity index (χ2n) is 17.3. The SMILES string of the molecule is COc1cc2c(Oc3ccc4[nH]c(C)cc4c3F)ncnc2cc1OCC1CCN(C)CC1.Cc1cc2c(Cl)ncnc2cc1OCC1CCN(C)CC1.Cc1cc2c(F)c(O)ccc2[nH]1. The van der Waals surface area contributed by atoms with Gasteiger partial charge in [-0.15, -0.1) is 0 Å². The zero-order valence-electron chi connectivity index (χ0n) is 38.1. The lowest BCUT2D eigenvalue weighted by molar-refractivity contribution is 0.157. The van der Waals surface area contributed by atoms with Crippen LogP contribution in [-0.4, -0.2) is 105 Å². The predicted octanol–water partition coefficient (Wildman–Crippen LogP) is 10.7. The second kappa shape index (κ2) is 20.5. The van der Waals surface area contributed by atoms with Crippen LogP contribution in [0.5, 0.6) is 34.6 Å². The molecule has 2 aliphatic heterocycles. The molecule has 13 nitrogen and oxygen atoms in total. The average Bonchev–Trinajstić information content (AvgIpc) is 3.90. The van der Waals surface area contributed by atoms with Gasteiger partial charge in [0.2, 0.25) is 5.88 Å². The first-order chi connectivity index (χ1) is 31.8. The van der Waals surface area contributed by atoms with Gasteiger partial charge in [-0.05, 0) is 153 Å². The number of aromatic hydroxyl groups is 1. The Morgan fingerprint density at radius 1 is 0.636 bits per heavy atom. The highest BCUT2D eigenvalue weighted by Gasteiger charge is 2.21. The Morgan fingerprint density at radius 2 is 1.18 bits per heavy atom. The summed E-state index contributed by atoms with van der Waals surface area (Å²) >= 11 is 6.10. The topological polar surface area (TPSA) is 147 Å². The highest BCUT2D eigenvalue weighted by molar-refractivity contribution is 6.34. The quantitative estimate of drug-likeness (QED) is 0.119. The zero-order chi connectivity index (χ0) is 46.5. The van der Waals surface area contributed by atoms with Crippen LogP contribution in [0.4, 0.5) is 8.78 Å². The molecule has 2 saturated heterocycles. The van der Waals surface area contributed by atoms with E-state index in [4.69, 9.17) is 35.7 Å². The molecule has 0 radical (unpaired) electrons. The normalized spacial score (nSPS) is 15.1. The van der Waals surface area contributed by atoms with Crippen molar-refractivity contribution in [2.24, 2.45) is 11.8 Å². The van der Waals surface area contributed by atoms with Crippen molar-refractivity contribution in [3.8, 4) is 34.6 Å². The molecular formula is C50H55ClF2N8O5. The fraction of sp³-hybridized carbons (Fsp3) is 0.360. The highest BCUT2D eigenvalue weighted by atomic mass is 35.5. The standard InChI is InChI=1S/C25H27FN4O3.C16H20ClN3O.C9H8FNO/c1-15-10-17-19(29-15)4-5-21(24(17)26)33-25-18-11-22(31-3)23(12-20(18)27-14-28-25)32-13-16-6-8-30(2)9-7-16;1-11-7-13-14(18-10-19-16(13)17)8-15(11)21-9-12-3-5-20(2)6-4-12;1-5-4-6-7(11-5)2-3-8(12)9(6)10/h4-5,10-12,14,16,29H,6-9,13H2,1-3H3;7-8,10,12H,3-6,9H2,1-2H3;2-4,11-12H,1H3. The Hall–Kier alpha value is -6.29. The number of methoxy groups -OCH3 is 1. The first-order valence-corrected chi connectivity index (χ1v) is 22.5. The largest absolute Gasteiger partial charge is 0.505 e. The lowest BCUT2D eigenvalue weighted by Crippen LogP contribution is -2.32. The Labute approximate surface area is 387 Å². The summed E-state index contributed by atoms with van der Waals surface area (Å²) in [6.45, 7) is 11.7. The van der Waals surface area contributed by atoms with Crippen molar-refractivity contribution in [1.29, 1.82) is 0 Å². The summed E-state index contributed by atoms with van der Waals surface area (Å²) in [7, 11) is 5.91. The monoisotopic (exact) mass is 920 g/mol. The molecule has 3 N–H and O–H groups in total. The van der Waals surface area contributed by atoms with Crippen molar-refractivity contribution in [3.05, 3.63) is 107 Å². The Kier molecular flexibility index (Phi) is 14.4. The zero-order valence-corrected chi connectivity index (χ0v) is 38.8. The van der Waals surface area contributed by atoms with Gasteiger partial charge in [-0.2, -0.15) is 0 Å². The summed E-state index contributed by atoms with van der Waals surface area (Å²) in [6.07, 6.45) is 7.53. The van der Waals surface area contributed by atoms with Gasteiger partial charge < -0.3 is 43.8 Å². The molecule has 0 spiro atoms. The summed E-state index contributed by atoms with van der Waals surface area (Å²) < 4.78 is 51.8. The van der Waals surface area contributed by atoms with Crippen LogP contribution in [0.1, 0.15) is 42.6 Å². The molecule has 6 heterocycles. The van der Waals surface area contributed by atoms with Crippen LogP contribution in [0.15, 0.2) is 73.3 Å². The van der Waals surface area contributed by atoms with Gasteiger partial charge in [-0.3, -0.25) is 0 Å². The molecule has 0 saturated carbocycles. The summed E-state index contributed by atoms with van der Waals surface area (Å²) in [5.41, 5.74) is 5.74. The molecule has 0 aliphatic carbocycles. The Balaban J connectivity index is 0.000000152. The molecule has 0 amide bonds. The van der Waals surface area contributed by atoms with Crippen LogP contribution < -0.4 is 18.9 Å². The van der Waals surface area contributed by atoms with Crippen LogP contribution in [-0.2, 0) is 0 Å². The van der Waals surface area contributed by atoms with Crippen molar-refractivity contribution >= 4 is 55.2 Å². The number of phenols is 1. The van der Waals surface area contributed by atoms with E-state index in [1.807, 2.05) is 39.0 Å². The molecule has 4 aromatic heterocycles. The number of aromatic amines is 2. The number of hydrogen-bond acceptors (Lipinski definition) is 11. The van der Waals surface area contributed by atoms with Crippen LogP contribution >= 0.6 is 11.6 Å². The molecule has 4 aromatic carbocycles. The van der Waals surface area contributed by atoms with Crippen LogP contribution in [0, 0.1) is 44.2 Å². The number of H-pyrrole nitrogens is 2. The number of rotatable bonds is 9. The fourth-order valence-corrected chi connectivity index (χ4v) is 8.55. The minimum Gasteiger partial charge on any atom is -0.505 e. The first kappa shape index (κ1) is 46.2. The smallest absolute Gasteiger partial charge is 0.230 e. The van der Waals surface area contributed by atoms with Crippen LogP contribution in [0.2, 0.25) is 5.15 Å². The summed E-state index contributed by atoms with van der Waals surface area (Å²) in [5.74, 6) is 2.30. The predicted molar refractivity (Wildman–Crippen MR) is 255 cm³/mol. The summed E-state index contributed by atoms with van der Waals surface area (Å²) in [5, 5.41) is 11.9. The minimum absolute atomic E-state index is 0.100. The number of ether oxygens (including phenoxy) is 4. The molecule has 346 valence electrons. The number of aryl methyl sites for hydroxylation is 3. The van der Waals surface area contributed by atoms with E-state index in [9.17, 15) is 4.39 Å². The van der Waals surface area contributed by atoms with E-state index < -0.39 is 11.6 Å². The number of nitrogens with one attached hydrogen (secondary N) is 2. The van der Waals surface area contributed by atoms with Gasteiger partial charge in [-0.25, -0.2) is 28.7 Å². The average molecular weight is 921 g/mol. The van der Waals surface area contributed by atoms with Gasteiger partial charge in [-0.1, -0.05) is 11.6 Å². The van der Waals surface area contributed by atoms with Gasteiger partial charge in [0.05, 0.1) is 36.7 Å². The first-order valence-electron chi connectivity index (χ1n) is 22.1. The van der Waals surface area contributed by atoms with Crippen molar-refractivity contribution in [2.45, 2.75) is 46.5 Å². The lowest BCUT2D eigenvalue weighted by Gasteiger charge is -2.28. The van der Waals surface area contributed by atoms with Gasteiger partial charge in [0.15, 0.2) is 34.6 Å². The number of piperidine rings is 2. The minimum atomic E-state index is -0.558. The molecule has 0 unspecified atom stereocenters. The van der Waals surface area contributed by atoms with E-state index in [1.54, 1.807) is 43.5 Å². The van der Waals surface area contributed by atoms with E-state index in [0.717, 1.165) is 84.7 Å². The molecule has 66 heavy (non-hydrogen) atoms. The summed E-state index contributed by atoms with van der Waals surface area (Å²) in [4.78, 5) is 27.7. The molecular weight excluding hydrogens is 866 g/mol.